The highest BCUT2D eigenvalue weighted by Crippen LogP contribution is 2.27. The zero-order valence-electron chi connectivity index (χ0n) is 6.60. The van der Waals surface area contributed by atoms with Crippen LogP contribution in [0.5, 0.6) is 5.75 Å². The quantitative estimate of drug-likeness (QED) is 0.689. The Labute approximate surface area is 69.0 Å². The molecule has 1 heterocycles. The van der Waals surface area contributed by atoms with Gasteiger partial charge in [0, 0.05) is 17.1 Å². The van der Waals surface area contributed by atoms with Gasteiger partial charge in [-0.15, -0.1) is 0 Å². The van der Waals surface area contributed by atoms with Crippen LogP contribution in [0.2, 0.25) is 0 Å². The summed E-state index contributed by atoms with van der Waals surface area (Å²) in [4.78, 5) is 2.97. The van der Waals surface area contributed by atoms with Crippen LogP contribution in [0.3, 0.4) is 0 Å². The Hall–Kier alpha value is -1.51. The number of halogens is 1. The van der Waals surface area contributed by atoms with Gasteiger partial charge in [-0.25, -0.2) is 4.39 Å². The maximum Gasteiger partial charge on any atom is 0.165 e. The van der Waals surface area contributed by atoms with Crippen molar-refractivity contribution in [2.75, 3.05) is 7.11 Å². The Morgan fingerprint density at radius 2 is 2.17 bits per heavy atom. The first-order valence-corrected chi connectivity index (χ1v) is 3.62. The predicted octanol–water partition coefficient (Wildman–Crippen LogP) is 2.32. The molecule has 0 saturated carbocycles. The van der Waals surface area contributed by atoms with E-state index in [9.17, 15) is 4.39 Å². The molecule has 0 unspecified atom stereocenters. The largest absolute Gasteiger partial charge is 0.493 e. The standard InChI is InChI=1S/C9H8FNO/c1-12-9-6-4-5-11-8(6)3-2-7(9)10/h2-5,11H,1H3. The maximum absolute atomic E-state index is 13.1. The monoisotopic (exact) mass is 165 g/mol. The number of rotatable bonds is 1. The molecule has 0 aliphatic rings. The number of aromatic amines is 1. The number of benzene rings is 1. The molecular weight excluding hydrogens is 157 g/mol. The third kappa shape index (κ3) is 0.863. The van der Waals surface area contributed by atoms with E-state index in [0.29, 0.717) is 5.75 Å². The molecule has 1 aromatic heterocycles. The number of hydrogen-bond donors (Lipinski definition) is 1. The summed E-state index contributed by atoms with van der Waals surface area (Å²) in [7, 11) is 1.46. The Kier molecular flexibility index (Phi) is 1.50. The minimum atomic E-state index is -0.329. The number of fused-ring (bicyclic) bond motifs is 1. The Morgan fingerprint density at radius 3 is 2.92 bits per heavy atom. The minimum Gasteiger partial charge on any atom is -0.493 e. The van der Waals surface area contributed by atoms with Gasteiger partial charge in [0.15, 0.2) is 11.6 Å². The molecule has 3 heteroatoms. The molecular formula is C9H8FNO. The zero-order chi connectivity index (χ0) is 8.55. The maximum atomic E-state index is 13.1. The molecule has 62 valence electrons. The van der Waals surface area contributed by atoms with Crippen LogP contribution in [0.1, 0.15) is 0 Å². The summed E-state index contributed by atoms with van der Waals surface area (Å²) >= 11 is 0. The normalized spacial score (nSPS) is 10.5. The molecule has 0 bridgehead atoms. The number of H-pyrrole nitrogens is 1. The fourth-order valence-corrected chi connectivity index (χ4v) is 1.29. The minimum absolute atomic E-state index is 0.300. The zero-order valence-corrected chi connectivity index (χ0v) is 6.60. The molecule has 0 spiro atoms. The molecule has 0 fully saturated rings. The van der Waals surface area contributed by atoms with Crippen LogP contribution < -0.4 is 4.74 Å². The molecule has 0 saturated heterocycles. The van der Waals surface area contributed by atoms with Crippen molar-refractivity contribution >= 4 is 10.9 Å². The molecule has 1 aromatic carbocycles. The lowest BCUT2D eigenvalue weighted by Crippen LogP contribution is -1.87. The van der Waals surface area contributed by atoms with E-state index in [2.05, 4.69) is 4.98 Å². The molecule has 0 radical (unpaired) electrons. The molecule has 0 atom stereocenters. The van der Waals surface area contributed by atoms with Crippen molar-refractivity contribution in [1.82, 2.24) is 4.98 Å². The van der Waals surface area contributed by atoms with E-state index in [-0.39, 0.29) is 5.82 Å². The number of hydrogen-bond acceptors (Lipinski definition) is 1. The van der Waals surface area contributed by atoms with Crippen molar-refractivity contribution in [2.24, 2.45) is 0 Å². The van der Waals surface area contributed by atoms with Gasteiger partial charge in [0.1, 0.15) is 0 Å². The van der Waals surface area contributed by atoms with Crippen molar-refractivity contribution in [3.05, 3.63) is 30.2 Å². The first kappa shape index (κ1) is 7.16. The van der Waals surface area contributed by atoms with Crippen molar-refractivity contribution < 1.29 is 9.13 Å². The van der Waals surface area contributed by atoms with E-state index in [1.165, 1.54) is 13.2 Å². The lowest BCUT2D eigenvalue weighted by atomic mass is 10.2. The van der Waals surface area contributed by atoms with Crippen molar-refractivity contribution in [2.45, 2.75) is 0 Å². The second-order valence-electron chi connectivity index (χ2n) is 2.52. The highest BCUT2D eigenvalue weighted by molar-refractivity contribution is 5.85. The smallest absolute Gasteiger partial charge is 0.165 e. The van der Waals surface area contributed by atoms with E-state index < -0.39 is 0 Å². The fourth-order valence-electron chi connectivity index (χ4n) is 1.29. The summed E-state index contributed by atoms with van der Waals surface area (Å²) in [6.45, 7) is 0. The first-order valence-electron chi connectivity index (χ1n) is 3.62. The lowest BCUT2D eigenvalue weighted by Gasteiger charge is -2.01. The van der Waals surface area contributed by atoms with Gasteiger partial charge in [0.2, 0.25) is 0 Å². The number of aromatic nitrogens is 1. The highest BCUT2D eigenvalue weighted by atomic mass is 19.1. The molecule has 0 aliphatic heterocycles. The second-order valence-corrected chi connectivity index (χ2v) is 2.52. The van der Waals surface area contributed by atoms with E-state index in [1.54, 1.807) is 18.3 Å². The van der Waals surface area contributed by atoms with Crippen LogP contribution in [-0.4, -0.2) is 12.1 Å². The summed E-state index contributed by atoms with van der Waals surface area (Å²) in [6, 6.07) is 4.86. The molecule has 2 aromatic rings. The molecule has 12 heavy (non-hydrogen) atoms. The first-order chi connectivity index (χ1) is 5.83. The molecule has 0 aliphatic carbocycles. The molecule has 2 rings (SSSR count). The fraction of sp³-hybridized carbons (Fsp3) is 0.111. The Bertz CT molecular complexity index is 408. The highest BCUT2D eigenvalue weighted by Gasteiger charge is 2.07. The summed E-state index contributed by atoms with van der Waals surface area (Å²) in [6.07, 6.45) is 1.76. The van der Waals surface area contributed by atoms with Gasteiger partial charge in [-0.3, -0.25) is 0 Å². The third-order valence-electron chi connectivity index (χ3n) is 1.84. The van der Waals surface area contributed by atoms with E-state index in [0.717, 1.165) is 10.9 Å². The van der Waals surface area contributed by atoms with Crippen LogP contribution in [0.4, 0.5) is 4.39 Å². The lowest BCUT2D eigenvalue weighted by molar-refractivity contribution is 0.392. The second kappa shape index (κ2) is 2.52. The van der Waals surface area contributed by atoms with Crippen LogP contribution in [-0.2, 0) is 0 Å². The third-order valence-corrected chi connectivity index (χ3v) is 1.84. The average molecular weight is 165 g/mol. The van der Waals surface area contributed by atoms with Crippen LogP contribution in [0, 0.1) is 5.82 Å². The summed E-state index contributed by atoms with van der Waals surface area (Å²) in [5.41, 5.74) is 0.883. The SMILES string of the molecule is COc1c(F)ccc2[nH]ccc12. The van der Waals surface area contributed by atoms with E-state index >= 15 is 0 Å². The van der Waals surface area contributed by atoms with Crippen LogP contribution in [0.15, 0.2) is 24.4 Å². The Morgan fingerprint density at radius 1 is 1.33 bits per heavy atom. The van der Waals surface area contributed by atoms with Gasteiger partial charge in [-0.05, 0) is 18.2 Å². The van der Waals surface area contributed by atoms with Gasteiger partial charge in [-0.2, -0.15) is 0 Å². The van der Waals surface area contributed by atoms with E-state index in [1.807, 2.05) is 0 Å². The van der Waals surface area contributed by atoms with Crippen molar-refractivity contribution in [3.63, 3.8) is 0 Å². The summed E-state index contributed by atoms with van der Waals surface area (Å²) < 4.78 is 18.0. The summed E-state index contributed by atoms with van der Waals surface area (Å²) in [5, 5.41) is 0.775. The molecule has 1 N–H and O–H groups in total. The topological polar surface area (TPSA) is 25.0 Å². The predicted molar refractivity (Wildman–Crippen MR) is 44.8 cm³/mol. The number of ether oxygens (including phenoxy) is 1. The average Bonchev–Trinajstić information content (AvgIpc) is 2.52. The van der Waals surface area contributed by atoms with Crippen LogP contribution >= 0.6 is 0 Å². The van der Waals surface area contributed by atoms with Gasteiger partial charge >= 0.3 is 0 Å². The van der Waals surface area contributed by atoms with Crippen molar-refractivity contribution in [1.29, 1.82) is 0 Å². The van der Waals surface area contributed by atoms with E-state index in [4.69, 9.17) is 4.74 Å². The van der Waals surface area contributed by atoms with Gasteiger partial charge < -0.3 is 9.72 Å². The summed E-state index contributed by atoms with van der Waals surface area (Å²) in [5.74, 6) is -0.0293. The van der Waals surface area contributed by atoms with Gasteiger partial charge in [-0.1, -0.05) is 0 Å². The number of nitrogens with one attached hydrogen (secondary N) is 1. The molecule has 2 nitrogen and oxygen atoms in total. The number of methoxy groups -OCH3 is 1. The van der Waals surface area contributed by atoms with Crippen LogP contribution in [0.25, 0.3) is 10.9 Å². The van der Waals surface area contributed by atoms with Crippen molar-refractivity contribution in [3.8, 4) is 5.75 Å². The van der Waals surface area contributed by atoms with Gasteiger partial charge in [0.25, 0.3) is 0 Å². The van der Waals surface area contributed by atoms with Gasteiger partial charge in [0.05, 0.1) is 7.11 Å². The molecule has 0 amide bonds. The Balaban J connectivity index is 2.83.